The van der Waals surface area contributed by atoms with Crippen LogP contribution >= 0.6 is 11.8 Å². The summed E-state index contributed by atoms with van der Waals surface area (Å²) in [5.41, 5.74) is 2.36. The molecule has 0 aromatic carbocycles. The van der Waals surface area contributed by atoms with Crippen LogP contribution in [0, 0.1) is 6.92 Å². The smallest absolute Gasteiger partial charge is 0.225 e. The summed E-state index contributed by atoms with van der Waals surface area (Å²) in [6, 6.07) is 1.58. The number of rotatable bonds is 5. The second-order valence-electron chi connectivity index (χ2n) is 7.39. The van der Waals surface area contributed by atoms with Gasteiger partial charge in [0.25, 0.3) is 0 Å². The predicted octanol–water partition coefficient (Wildman–Crippen LogP) is 4.10. The lowest BCUT2D eigenvalue weighted by atomic mass is 9.95. The van der Waals surface area contributed by atoms with Gasteiger partial charge in [-0.2, -0.15) is 11.8 Å². The van der Waals surface area contributed by atoms with Crippen molar-refractivity contribution in [3.8, 4) is 0 Å². The zero-order valence-electron chi connectivity index (χ0n) is 15.4. The first-order valence-corrected chi connectivity index (χ1v) is 10.7. The van der Waals surface area contributed by atoms with Crippen LogP contribution in [0.5, 0.6) is 0 Å². The average Bonchev–Trinajstić information content (AvgIpc) is 2.62. The second-order valence-corrected chi connectivity index (χ2v) is 8.61. The SMILES string of the molecule is Cc1nc(N(C)C2CCCCC2)ncc1C(C)NC1CCSCC1. The molecule has 134 valence electrons. The number of aromatic nitrogens is 2. The summed E-state index contributed by atoms with van der Waals surface area (Å²) in [4.78, 5) is 11.8. The molecule has 1 aromatic rings. The first-order valence-electron chi connectivity index (χ1n) is 9.55. The van der Waals surface area contributed by atoms with Gasteiger partial charge < -0.3 is 10.2 Å². The number of nitrogens with one attached hydrogen (secondary N) is 1. The van der Waals surface area contributed by atoms with Gasteiger partial charge in [-0.3, -0.25) is 0 Å². The van der Waals surface area contributed by atoms with Crippen LogP contribution in [0.3, 0.4) is 0 Å². The minimum absolute atomic E-state index is 0.326. The fourth-order valence-electron chi connectivity index (χ4n) is 4.00. The van der Waals surface area contributed by atoms with Gasteiger partial charge in [0, 0.05) is 42.6 Å². The number of anilines is 1. The average molecular weight is 349 g/mol. The summed E-state index contributed by atoms with van der Waals surface area (Å²) in [5, 5.41) is 3.78. The molecule has 1 unspecified atom stereocenters. The monoisotopic (exact) mass is 348 g/mol. The van der Waals surface area contributed by atoms with Gasteiger partial charge in [0.15, 0.2) is 0 Å². The van der Waals surface area contributed by atoms with Gasteiger partial charge in [-0.25, -0.2) is 9.97 Å². The van der Waals surface area contributed by atoms with Crippen LogP contribution in [0.25, 0.3) is 0 Å². The third kappa shape index (κ3) is 4.42. The topological polar surface area (TPSA) is 41.1 Å². The Morgan fingerprint density at radius 2 is 1.88 bits per heavy atom. The Kier molecular flexibility index (Phi) is 6.39. The minimum Gasteiger partial charge on any atom is -0.341 e. The molecule has 3 rings (SSSR count). The molecule has 0 amide bonds. The molecule has 2 aliphatic rings. The molecule has 1 aliphatic heterocycles. The molecule has 0 bridgehead atoms. The van der Waals surface area contributed by atoms with Crippen molar-refractivity contribution < 1.29 is 0 Å². The third-order valence-electron chi connectivity index (χ3n) is 5.62. The van der Waals surface area contributed by atoms with Gasteiger partial charge in [-0.15, -0.1) is 0 Å². The molecular formula is C19H32N4S. The normalized spacial score (nSPS) is 21.6. The largest absolute Gasteiger partial charge is 0.341 e. The van der Waals surface area contributed by atoms with E-state index in [0.717, 1.165) is 11.6 Å². The molecule has 24 heavy (non-hydrogen) atoms. The van der Waals surface area contributed by atoms with E-state index in [9.17, 15) is 0 Å². The van der Waals surface area contributed by atoms with E-state index < -0.39 is 0 Å². The first kappa shape index (κ1) is 18.0. The van der Waals surface area contributed by atoms with Crippen LogP contribution in [0.1, 0.15) is 69.2 Å². The van der Waals surface area contributed by atoms with E-state index in [2.05, 4.69) is 42.9 Å². The molecule has 4 nitrogen and oxygen atoms in total. The van der Waals surface area contributed by atoms with Crippen molar-refractivity contribution in [2.24, 2.45) is 0 Å². The highest BCUT2D eigenvalue weighted by Gasteiger charge is 2.22. The summed E-state index contributed by atoms with van der Waals surface area (Å²) in [6.45, 7) is 4.38. The highest BCUT2D eigenvalue weighted by atomic mass is 32.2. The van der Waals surface area contributed by atoms with Gasteiger partial charge in [0.2, 0.25) is 5.95 Å². The summed E-state index contributed by atoms with van der Waals surface area (Å²) < 4.78 is 0. The van der Waals surface area contributed by atoms with E-state index in [4.69, 9.17) is 9.97 Å². The number of aryl methyl sites for hydroxylation is 1. The van der Waals surface area contributed by atoms with E-state index >= 15 is 0 Å². The maximum absolute atomic E-state index is 4.83. The Morgan fingerprint density at radius 1 is 1.17 bits per heavy atom. The van der Waals surface area contributed by atoms with Crippen molar-refractivity contribution in [3.05, 3.63) is 17.5 Å². The standard InChI is InChI=1S/C19H32N4S/c1-14(21-16-9-11-24-12-10-16)18-13-20-19(22-15(18)2)23(3)17-7-5-4-6-8-17/h13-14,16-17,21H,4-12H2,1-3H3. The highest BCUT2D eigenvalue weighted by Crippen LogP contribution is 2.26. The van der Waals surface area contributed by atoms with E-state index in [-0.39, 0.29) is 0 Å². The fourth-order valence-corrected chi connectivity index (χ4v) is 5.10. The Bertz CT molecular complexity index is 524. The molecule has 0 radical (unpaired) electrons. The fraction of sp³-hybridized carbons (Fsp3) is 0.789. The van der Waals surface area contributed by atoms with Crippen LogP contribution in [0.15, 0.2) is 6.20 Å². The summed E-state index contributed by atoms with van der Waals surface area (Å²) in [5.74, 6) is 3.46. The van der Waals surface area contributed by atoms with Crippen LogP contribution < -0.4 is 10.2 Å². The number of nitrogens with zero attached hydrogens (tertiary/aromatic N) is 3. The molecule has 1 aliphatic carbocycles. The molecule has 1 saturated carbocycles. The zero-order chi connectivity index (χ0) is 16.9. The maximum atomic E-state index is 4.83. The molecule has 5 heteroatoms. The van der Waals surface area contributed by atoms with Crippen molar-refractivity contribution >= 4 is 17.7 Å². The molecule has 1 N–H and O–H groups in total. The number of thioether (sulfide) groups is 1. The summed E-state index contributed by atoms with van der Waals surface area (Å²) in [6.07, 6.45) is 11.2. The van der Waals surface area contributed by atoms with Gasteiger partial charge in [-0.1, -0.05) is 19.3 Å². The van der Waals surface area contributed by atoms with Crippen molar-refractivity contribution in [1.82, 2.24) is 15.3 Å². The van der Waals surface area contributed by atoms with Gasteiger partial charge in [0.05, 0.1) is 0 Å². The van der Waals surface area contributed by atoms with E-state index in [1.165, 1.54) is 62.0 Å². The maximum Gasteiger partial charge on any atom is 0.225 e. The van der Waals surface area contributed by atoms with E-state index in [1.807, 2.05) is 6.20 Å². The summed E-state index contributed by atoms with van der Waals surface area (Å²) >= 11 is 2.07. The van der Waals surface area contributed by atoms with Crippen molar-refractivity contribution in [1.29, 1.82) is 0 Å². The number of hydrogen-bond donors (Lipinski definition) is 1. The number of hydrogen-bond acceptors (Lipinski definition) is 5. The van der Waals surface area contributed by atoms with Gasteiger partial charge >= 0.3 is 0 Å². The van der Waals surface area contributed by atoms with E-state index in [1.54, 1.807) is 0 Å². The van der Waals surface area contributed by atoms with Crippen molar-refractivity contribution in [3.63, 3.8) is 0 Å². The second kappa shape index (κ2) is 8.52. The van der Waals surface area contributed by atoms with Crippen LogP contribution in [0.4, 0.5) is 5.95 Å². The lowest BCUT2D eigenvalue weighted by Gasteiger charge is -2.32. The van der Waals surface area contributed by atoms with Gasteiger partial charge in [-0.05, 0) is 51.0 Å². The zero-order valence-corrected chi connectivity index (χ0v) is 16.2. The molecule has 2 fully saturated rings. The first-order chi connectivity index (χ1) is 11.6. The quantitative estimate of drug-likeness (QED) is 0.867. The molecule has 0 spiro atoms. The Hall–Kier alpha value is -0.810. The van der Waals surface area contributed by atoms with E-state index in [0.29, 0.717) is 18.1 Å². The Morgan fingerprint density at radius 3 is 2.54 bits per heavy atom. The predicted molar refractivity (Wildman–Crippen MR) is 104 cm³/mol. The van der Waals surface area contributed by atoms with Crippen molar-refractivity contribution in [2.45, 2.75) is 76.9 Å². The minimum atomic E-state index is 0.326. The van der Waals surface area contributed by atoms with Crippen LogP contribution in [0.2, 0.25) is 0 Å². The molecule has 1 saturated heterocycles. The Labute approximate surface area is 151 Å². The van der Waals surface area contributed by atoms with Crippen LogP contribution in [-0.2, 0) is 0 Å². The third-order valence-corrected chi connectivity index (χ3v) is 6.66. The molecule has 1 atom stereocenters. The van der Waals surface area contributed by atoms with Gasteiger partial charge in [0.1, 0.15) is 0 Å². The summed E-state index contributed by atoms with van der Waals surface area (Å²) in [7, 11) is 2.16. The lowest BCUT2D eigenvalue weighted by molar-refractivity contribution is 0.421. The van der Waals surface area contributed by atoms with Crippen molar-refractivity contribution in [2.75, 3.05) is 23.5 Å². The molecule has 1 aromatic heterocycles. The van der Waals surface area contributed by atoms with Crippen LogP contribution in [-0.4, -0.2) is 40.6 Å². The molecular weight excluding hydrogens is 316 g/mol. The lowest BCUT2D eigenvalue weighted by Crippen LogP contribution is -2.36. The highest BCUT2D eigenvalue weighted by molar-refractivity contribution is 7.99. The molecule has 2 heterocycles. The Balaban J connectivity index is 1.64.